The van der Waals surface area contributed by atoms with E-state index in [1.807, 2.05) is 9.62 Å². The minimum Gasteiger partial charge on any atom is -0.490 e. The molecule has 0 saturated carbocycles. The number of alkyl halides is 2. The Hall–Kier alpha value is -3.32. The summed E-state index contributed by atoms with van der Waals surface area (Å²) < 4.78 is 75.7. The third-order valence-electron chi connectivity index (χ3n) is 6.20. The van der Waals surface area contributed by atoms with E-state index in [4.69, 9.17) is 4.74 Å². The Labute approximate surface area is 219 Å². The molecule has 1 aliphatic rings. The molecule has 1 atom stereocenters. The van der Waals surface area contributed by atoms with Crippen molar-refractivity contribution in [2.24, 2.45) is 0 Å². The lowest BCUT2D eigenvalue weighted by Crippen LogP contribution is -2.45. The van der Waals surface area contributed by atoms with Gasteiger partial charge in [0.15, 0.2) is 0 Å². The highest BCUT2D eigenvalue weighted by Crippen LogP contribution is 2.40. The quantitative estimate of drug-likeness (QED) is 0.410. The maximum absolute atomic E-state index is 14.2. The number of anilines is 1. The van der Waals surface area contributed by atoms with Crippen LogP contribution in [0.2, 0.25) is 0 Å². The van der Waals surface area contributed by atoms with Gasteiger partial charge in [-0.1, -0.05) is 0 Å². The number of fused-ring (bicyclic) bond motifs is 1. The second-order valence-electron chi connectivity index (χ2n) is 9.74. The van der Waals surface area contributed by atoms with Crippen LogP contribution in [0.25, 0.3) is 5.65 Å². The fourth-order valence-electron chi connectivity index (χ4n) is 4.63. The molecule has 0 aliphatic carbocycles. The first-order valence-corrected chi connectivity index (χ1v) is 13.5. The number of benzene rings is 1. The lowest BCUT2D eigenvalue weighted by Gasteiger charge is -2.28. The van der Waals surface area contributed by atoms with Crippen molar-refractivity contribution in [1.29, 1.82) is 0 Å². The first-order valence-electron chi connectivity index (χ1n) is 12.1. The summed E-state index contributed by atoms with van der Waals surface area (Å²) in [5.74, 6) is -0.968. The van der Waals surface area contributed by atoms with Gasteiger partial charge in [-0.05, 0) is 57.0 Å². The highest BCUT2D eigenvalue weighted by Gasteiger charge is 2.31. The summed E-state index contributed by atoms with van der Waals surface area (Å²) in [6.07, 6.45) is 4.40. The summed E-state index contributed by atoms with van der Waals surface area (Å²) in [4.78, 5) is 19.1. The van der Waals surface area contributed by atoms with Crippen LogP contribution in [0.4, 0.5) is 18.9 Å². The van der Waals surface area contributed by atoms with E-state index < -0.39 is 40.8 Å². The summed E-state index contributed by atoms with van der Waals surface area (Å²) in [5.41, 5.74) is -0.151. The first kappa shape index (κ1) is 27.7. The van der Waals surface area contributed by atoms with Gasteiger partial charge in [0.1, 0.15) is 41.9 Å². The normalized spacial score (nSPS) is 16.4. The van der Waals surface area contributed by atoms with E-state index in [1.165, 1.54) is 49.7 Å². The number of nitrogens with zero attached hydrogens (tertiary/aromatic N) is 4. The highest BCUT2D eigenvalue weighted by molar-refractivity contribution is 7.87. The van der Waals surface area contributed by atoms with Gasteiger partial charge in [-0.25, -0.2) is 22.9 Å². The molecular formula is C25H30F3N5O4S. The molecule has 1 aliphatic heterocycles. The van der Waals surface area contributed by atoms with Crippen LogP contribution in [0, 0.1) is 5.82 Å². The SMILES string of the molecule is CN(CC(C)(C)F)S(=O)(=O)NC(=O)c1cnc2ccc(N3CCC[C@@H]3c3cc(F)ccc3OCCF)cn12. The Morgan fingerprint density at radius 2 is 2.05 bits per heavy atom. The molecule has 1 amide bonds. The fourth-order valence-corrected chi connectivity index (χ4v) is 5.60. The maximum atomic E-state index is 14.2. The predicted molar refractivity (Wildman–Crippen MR) is 137 cm³/mol. The molecule has 0 spiro atoms. The molecule has 3 aromatic rings. The van der Waals surface area contributed by atoms with Crippen molar-refractivity contribution in [3.05, 3.63) is 59.8 Å². The number of rotatable bonds is 10. The molecule has 13 heteroatoms. The Balaban J connectivity index is 1.63. The maximum Gasteiger partial charge on any atom is 0.303 e. The van der Waals surface area contributed by atoms with Crippen LogP contribution in [0.1, 0.15) is 48.8 Å². The van der Waals surface area contributed by atoms with E-state index in [-0.39, 0.29) is 18.3 Å². The van der Waals surface area contributed by atoms with Gasteiger partial charge < -0.3 is 9.64 Å². The van der Waals surface area contributed by atoms with Gasteiger partial charge >= 0.3 is 10.2 Å². The van der Waals surface area contributed by atoms with Gasteiger partial charge in [0.05, 0.1) is 17.9 Å². The third kappa shape index (κ3) is 6.04. The number of pyridine rings is 1. The van der Waals surface area contributed by atoms with Crippen LogP contribution < -0.4 is 14.4 Å². The molecule has 0 bridgehead atoms. The number of ether oxygens (including phenoxy) is 1. The van der Waals surface area contributed by atoms with Gasteiger partial charge in [-0.15, -0.1) is 0 Å². The van der Waals surface area contributed by atoms with E-state index in [0.717, 1.165) is 10.7 Å². The van der Waals surface area contributed by atoms with Crippen molar-refractivity contribution >= 4 is 27.5 Å². The summed E-state index contributed by atoms with van der Waals surface area (Å²) in [7, 11) is -3.13. The largest absolute Gasteiger partial charge is 0.490 e. The fraction of sp³-hybridized carbons (Fsp3) is 0.440. The van der Waals surface area contributed by atoms with E-state index in [1.54, 1.807) is 18.3 Å². The summed E-state index contributed by atoms with van der Waals surface area (Å²) >= 11 is 0. The molecule has 1 N–H and O–H groups in total. The van der Waals surface area contributed by atoms with Crippen molar-refractivity contribution in [2.75, 3.05) is 38.3 Å². The predicted octanol–water partition coefficient (Wildman–Crippen LogP) is 3.82. The molecule has 0 unspecified atom stereocenters. The molecule has 38 heavy (non-hydrogen) atoms. The Bertz CT molecular complexity index is 1420. The number of nitrogens with one attached hydrogen (secondary N) is 1. The van der Waals surface area contributed by atoms with Crippen LogP contribution in [-0.2, 0) is 10.2 Å². The Morgan fingerprint density at radius 3 is 2.76 bits per heavy atom. The molecule has 206 valence electrons. The number of aromatic nitrogens is 2. The number of amides is 1. The van der Waals surface area contributed by atoms with Crippen molar-refractivity contribution in [3.8, 4) is 5.75 Å². The molecule has 3 heterocycles. The smallest absolute Gasteiger partial charge is 0.303 e. The van der Waals surface area contributed by atoms with E-state index in [2.05, 4.69) is 4.98 Å². The van der Waals surface area contributed by atoms with E-state index in [0.29, 0.717) is 35.6 Å². The van der Waals surface area contributed by atoms with Gasteiger partial charge in [-0.2, -0.15) is 12.7 Å². The molecular weight excluding hydrogens is 523 g/mol. The minimum absolute atomic E-state index is 0.0354. The second kappa shape index (κ2) is 10.8. The monoisotopic (exact) mass is 553 g/mol. The number of carbonyl (C=O) groups is 1. The summed E-state index contributed by atoms with van der Waals surface area (Å²) in [6, 6.07) is 7.35. The molecule has 4 rings (SSSR count). The molecule has 1 fully saturated rings. The van der Waals surface area contributed by atoms with Crippen LogP contribution >= 0.6 is 0 Å². The zero-order valence-electron chi connectivity index (χ0n) is 21.3. The van der Waals surface area contributed by atoms with Crippen molar-refractivity contribution in [1.82, 2.24) is 18.4 Å². The topological polar surface area (TPSA) is 96.2 Å². The number of hydrogen-bond acceptors (Lipinski definition) is 6. The van der Waals surface area contributed by atoms with Crippen LogP contribution in [0.5, 0.6) is 5.75 Å². The van der Waals surface area contributed by atoms with Gasteiger partial charge in [0.2, 0.25) is 0 Å². The minimum atomic E-state index is -4.31. The Kier molecular flexibility index (Phi) is 7.88. The van der Waals surface area contributed by atoms with Crippen molar-refractivity contribution < 1.29 is 31.1 Å². The number of imidazole rings is 1. The Morgan fingerprint density at radius 1 is 1.29 bits per heavy atom. The molecule has 9 nitrogen and oxygen atoms in total. The lowest BCUT2D eigenvalue weighted by molar-refractivity contribution is 0.0971. The number of carbonyl (C=O) groups excluding carboxylic acids is 1. The van der Waals surface area contributed by atoms with Gasteiger partial charge in [0, 0.05) is 31.9 Å². The third-order valence-corrected chi connectivity index (χ3v) is 7.60. The van der Waals surface area contributed by atoms with Gasteiger partial charge in [-0.3, -0.25) is 9.20 Å². The van der Waals surface area contributed by atoms with E-state index >= 15 is 0 Å². The number of hydrogen-bond donors (Lipinski definition) is 1. The lowest BCUT2D eigenvalue weighted by atomic mass is 10.0. The standard InChI is InChI=1S/C25H30F3N5O4S/c1-25(2,28)16-31(3)38(35,36)30-24(34)21-14-29-23-9-7-18(15-33(21)23)32-11-4-5-20(32)19-13-17(27)6-8-22(19)37-12-10-26/h6-9,13-15,20H,4-5,10-12,16H2,1-3H3,(H,30,34)/t20-/m1/s1. The van der Waals surface area contributed by atoms with Crippen LogP contribution in [0.15, 0.2) is 42.7 Å². The van der Waals surface area contributed by atoms with Crippen molar-refractivity contribution in [2.45, 2.75) is 38.4 Å². The molecule has 0 radical (unpaired) electrons. The van der Waals surface area contributed by atoms with Crippen LogP contribution in [0.3, 0.4) is 0 Å². The van der Waals surface area contributed by atoms with Gasteiger partial charge in [0.25, 0.3) is 5.91 Å². The second-order valence-corrected chi connectivity index (χ2v) is 11.5. The average Bonchev–Trinajstić information content (AvgIpc) is 3.49. The van der Waals surface area contributed by atoms with Crippen LogP contribution in [-0.4, -0.2) is 67.1 Å². The molecule has 2 aromatic heterocycles. The first-order chi connectivity index (χ1) is 17.9. The summed E-state index contributed by atoms with van der Waals surface area (Å²) in [5, 5.41) is 0. The highest BCUT2D eigenvalue weighted by atomic mass is 32.2. The molecule has 1 saturated heterocycles. The molecule has 1 aromatic carbocycles. The zero-order valence-corrected chi connectivity index (χ0v) is 22.1. The zero-order chi connectivity index (χ0) is 27.7. The van der Waals surface area contributed by atoms with Crippen molar-refractivity contribution in [3.63, 3.8) is 0 Å². The van der Waals surface area contributed by atoms with E-state index in [9.17, 15) is 26.4 Å². The average molecular weight is 554 g/mol. The number of halogens is 3. The summed E-state index contributed by atoms with van der Waals surface area (Å²) in [6.45, 7) is 1.83.